The van der Waals surface area contributed by atoms with Crippen molar-refractivity contribution in [1.29, 1.82) is 0 Å². The van der Waals surface area contributed by atoms with Crippen LogP contribution in [-0.2, 0) is 0 Å². The quantitative estimate of drug-likeness (QED) is 0.641. The van der Waals surface area contributed by atoms with Crippen LogP contribution in [0, 0.1) is 8.80 Å². The van der Waals surface area contributed by atoms with Gasteiger partial charge in [-0.05, 0) is 47.4 Å². The van der Waals surface area contributed by atoms with Crippen LogP contribution < -0.4 is 5.32 Å². The molecule has 1 aromatic heterocycles. The predicted octanol–water partition coefficient (Wildman–Crippen LogP) is 3.49. The number of alkyl halides is 1. The first-order chi connectivity index (χ1) is 7.66. The lowest BCUT2D eigenvalue weighted by Gasteiger charge is -2.13. The molecular formula is C11H13ClINOS. The Morgan fingerprint density at radius 3 is 3.00 bits per heavy atom. The monoisotopic (exact) mass is 369 g/mol. The van der Waals surface area contributed by atoms with E-state index in [1.165, 1.54) is 6.42 Å². The summed E-state index contributed by atoms with van der Waals surface area (Å²) in [6, 6.07) is 1.91. The van der Waals surface area contributed by atoms with Crippen LogP contribution >= 0.6 is 45.5 Å². The van der Waals surface area contributed by atoms with E-state index in [9.17, 15) is 4.79 Å². The van der Waals surface area contributed by atoms with Gasteiger partial charge in [-0.15, -0.1) is 22.9 Å². The standard InChI is InChI=1S/C11H13ClINOS/c12-9-3-1-2-7(9)5-14-11(15)8-4-10(13)16-6-8/h4,6-7,9H,1-3,5H2,(H,14,15). The van der Waals surface area contributed by atoms with Gasteiger partial charge in [0, 0.05) is 17.3 Å². The van der Waals surface area contributed by atoms with Crippen molar-refractivity contribution in [1.82, 2.24) is 5.32 Å². The molecule has 5 heteroatoms. The molecule has 1 heterocycles. The Morgan fingerprint density at radius 1 is 1.62 bits per heavy atom. The van der Waals surface area contributed by atoms with E-state index < -0.39 is 0 Å². The SMILES string of the molecule is O=C(NCC1CCCC1Cl)c1csc(I)c1. The zero-order chi connectivity index (χ0) is 11.5. The Labute approximate surface area is 118 Å². The summed E-state index contributed by atoms with van der Waals surface area (Å²) in [4.78, 5) is 11.8. The van der Waals surface area contributed by atoms with Crippen molar-refractivity contribution in [3.05, 3.63) is 19.9 Å². The largest absolute Gasteiger partial charge is 0.352 e. The molecule has 0 aliphatic heterocycles. The molecular weight excluding hydrogens is 357 g/mol. The van der Waals surface area contributed by atoms with Gasteiger partial charge >= 0.3 is 0 Å². The second-order valence-electron chi connectivity index (χ2n) is 4.06. The highest BCUT2D eigenvalue weighted by Crippen LogP contribution is 2.29. The van der Waals surface area contributed by atoms with Crippen molar-refractivity contribution in [2.24, 2.45) is 5.92 Å². The Kier molecular flexibility index (Phi) is 4.49. The Morgan fingerprint density at radius 2 is 2.44 bits per heavy atom. The Bertz CT molecular complexity index is 382. The number of amides is 1. The van der Waals surface area contributed by atoms with Crippen molar-refractivity contribution in [2.45, 2.75) is 24.6 Å². The van der Waals surface area contributed by atoms with E-state index in [1.807, 2.05) is 11.4 Å². The highest BCUT2D eigenvalue weighted by atomic mass is 127. The highest BCUT2D eigenvalue weighted by molar-refractivity contribution is 14.1. The van der Waals surface area contributed by atoms with Crippen LogP contribution in [0.5, 0.6) is 0 Å². The summed E-state index contributed by atoms with van der Waals surface area (Å²) in [5, 5.41) is 5.10. The molecule has 1 aliphatic carbocycles. The van der Waals surface area contributed by atoms with Gasteiger partial charge in [0.05, 0.1) is 8.45 Å². The number of nitrogens with one attached hydrogen (secondary N) is 1. The minimum atomic E-state index is 0.0231. The van der Waals surface area contributed by atoms with Gasteiger partial charge in [-0.3, -0.25) is 4.79 Å². The molecule has 1 aromatic rings. The van der Waals surface area contributed by atoms with Crippen LogP contribution in [0.15, 0.2) is 11.4 Å². The second kappa shape index (κ2) is 5.69. The minimum Gasteiger partial charge on any atom is -0.352 e. The first-order valence-electron chi connectivity index (χ1n) is 5.33. The van der Waals surface area contributed by atoms with Crippen molar-refractivity contribution in [3.8, 4) is 0 Å². The maximum Gasteiger partial charge on any atom is 0.252 e. The molecule has 1 N–H and O–H groups in total. The van der Waals surface area contributed by atoms with Crippen LogP contribution in [-0.4, -0.2) is 17.8 Å². The summed E-state index contributed by atoms with van der Waals surface area (Å²) in [5.74, 6) is 0.471. The van der Waals surface area contributed by atoms with E-state index >= 15 is 0 Å². The van der Waals surface area contributed by atoms with Gasteiger partial charge in [0.2, 0.25) is 0 Å². The lowest BCUT2D eigenvalue weighted by molar-refractivity contribution is 0.0948. The Hall–Kier alpha value is 0.190. The number of carbonyl (C=O) groups excluding carboxylic acids is 1. The van der Waals surface area contributed by atoms with E-state index in [4.69, 9.17) is 11.6 Å². The van der Waals surface area contributed by atoms with Crippen LogP contribution in [0.25, 0.3) is 0 Å². The average molecular weight is 370 g/mol. The molecule has 2 nitrogen and oxygen atoms in total. The highest BCUT2D eigenvalue weighted by Gasteiger charge is 2.25. The molecule has 0 radical (unpaired) electrons. The van der Waals surface area contributed by atoms with Crippen molar-refractivity contribution in [3.63, 3.8) is 0 Å². The lowest BCUT2D eigenvalue weighted by atomic mass is 10.1. The summed E-state index contributed by atoms with van der Waals surface area (Å²) in [6.45, 7) is 0.708. The summed E-state index contributed by atoms with van der Waals surface area (Å²) < 4.78 is 1.14. The molecule has 1 saturated carbocycles. The average Bonchev–Trinajstić information content (AvgIpc) is 2.84. The van der Waals surface area contributed by atoms with Crippen LogP contribution in [0.1, 0.15) is 29.6 Å². The Balaban J connectivity index is 1.84. The van der Waals surface area contributed by atoms with Crippen LogP contribution in [0.2, 0.25) is 0 Å². The van der Waals surface area contributed by atoms with Gasteiger partial charge in [-0.25, -0.2) is 0 Å². The normalized spacial score (nSPS) is 24.6. The fourth-order valence-corrected chi connectivity index (χ4v) is 3.67. The van der Waals surface area contributed by atoms with Gasteiger partial charge in [0.15, 0.2) is 0 Å². The molecule has 0 saturated heterocycles. The van der Waals surface area contributed by atoms with Gasteiger partial charge in [0.1, 0.15) is 0 Å². The zero-order valence-electron chi connectivity index (χ0n) is 8.71. The zero-order valence-corrected chi connectivity index (χ0v) is 12.4. The fourth-order valence-electron chi connectivity index (χ4n) is 1.98. The van der Waals surface area contributed by atoms with Crippen molar-refractivity contribution in [2.75, 3.05) is 6.54 Å². The van der Waals surface area contributed by atoms with Crippen molar-refractivity contribution < 1.29 is 4.79 Å². The second-order valence-corrected chi connectivity index (χ2v) is 7.42. The fraction of sp³-hybridized carbons (Fsp3) is 0.545. The van der Waals surface area contributed by atoms with E-state index in [2.05, 4.69) is 27.9 Å². The maximum atomic E-state index is 11.8. The summed E-state index contributed by atoms with van der Waals surface area (Å²) in [6.07, 6.45) is 3.40. The summed E-state index contributed by atoms with van der Waals surface area (Å²) in [7, 11) is 0. The van der Waals surface area contributed by atoms with E-state index in [-0.39, 0.29) is 11.3 Å². The molecule has 1 amide bonds. The topological polar surface area (TPSA) is 29.1 Å². The summed E-state index contributed by atoms with van der Waals surface area (Å²) in [5.41, 5.74) is 0.763. The van der Waals surface area contributed by atoms with Gasteiger partial charge in [0.25, 0.3) is 5.91 Å². The van der Waals surface area contributed by atoms with E-state index in [0.717, 1.165) is 21.3 Å². The number of carbonyl (C=O) groups is 1. The molecule has 1 fully saturated rings. The number of halogens is 2. The molecule has 88 valence electrons. The van der Waals surface area contributed by atoms with Gasteiger partial charge in [-0.2, -0.15) is 0 Å². The molecule has 2 rings (SSSR count). The van der Waals surface area contributed by atoms with Crippen molar-refractivity contribution >= 4 is 51.4 Å². The first kappa shape index (κ1) is 12.6. The number of hydrogen-bond donors (Lipinski definition) is 1. The number of thiophene rings is 1. The molecule has 1 aliphatic rings. The lowest BCUT2D eigenvalue weighted by Crippen LogP contribution is -2.30. The summed E-state index contributed by atoms with van der Waals surface area (Å²) >= 11 is 9.97. The molecule has 2 atom stereocenters. The van der Waals surface area contributed by atoms with Gasteiger partial charge < -0.3 is 5.32 Å². The smallest absolute Gasteiger partial charge is 0.252 e. The molecule has 0 spiro atoms. The van der Waals surface area contributed by atoms with Crippen LogP contribution in [0.4, 0.5) is 0 Å². The third-order valence-corrected chi connectivity index (χ3v) is 5.28. The van der Waals surface area contributed by atoms with E-state index in [0.29, 0.717) is 12.5 Å². The van der Waals surface area contributed by atoms with Gasteiger partial charge in [-0.1, -0.05) is 6.42 Å². The molecule has 0 bridgehead atoms. The number of hydrogen-bond acceptors (Lipinski definition) is 2. The number of rotatable bonds is 3. The van der Waals surface area contributed by atoms with E-state index in [1.54, 1.807) is 11.3 Å². The third kappa shape index (κ3) is 3.11. The molecule has 16 heavy (non-hydrogen) atoms. The minimum absolute atomic E-state index is 0.0231. The molecule has 0 aromatic carbocycles. The molecule has 2 unspecified atom stereocenters. The predicted molar refractivity (Wildman–Crippen MR) is 76.4 cm³/mol. The third-order valence-electron chi connectivity index (χ3n) is 2.92. The van der Waals surface area contributed by atoms with Crippen LogP contribution in [0.3, 0.4) is 0 Å². The maximum absolute atomic E-state index is 11.8. The first-order valence-corrected chi connectivity index (χ1v) is 7.72.